The smallest absolute Gasteiger partial charge is 0.0410 e. The number of hydrogen-bond acceptors (Lipinski definition) is 1. The maximum atomic E-state index is 5.90. The third kappa shape index (κ3) is 3.45. The summed E-state index contributed by atoms with van der Waals surface area (Å²) >= 11 is 9.38. The molecule has 0 aromatic heterocycles. The molecule has 0 spiro atoms. The first kappa shape index (κ1) is 11.8. The highest BCUT2D eigenvalue weighted by Gasteiger charge is 2.01. The molecule has 0 bridgehead atoms. The predicted molar refractivity (Wildman–Crippen MR) is 65.7 cm³/mol. The van der Waals surface area contributed by atoms with Crippen molar-refractivity contribution in [3.63, 3.8) is 0 Å². The third-order valence-corrected chi connectivity index (χ3v) is 2.98. The van der Waals surface area contributed by atoms with Crippen molar-refractivity contribution < 1.29 is 0 Å². The average Bonchev–Trinajstić information content (AvgIpc) is 2.19. The lowest BCUT2D eigenvalue weighted by Crippen LogP contribution is -2.23. The topological polar surface area (TPSA) is 12.0 Å². The first-order valence-electron chi connectivity index (χ1n) is 4.43. The molecule has 0 radical (unpaired) electrons. The Balaban J connectivity index is 2.66. The highest BCUT2D eigenvalue weighted by molar-refractivity contribution is 9.10. The van der Waals surface area contributed by atoms with Gasteiger partial charge in [0.05, 0.1) is 0 Å². The zero-order chi connectivity index (χ0) is 10.6. The monoisotopic (exact) mass is 273 g/mol. The molecule has 0 saturated carbocycles. The standard InChI is InChI=1S/C11H13BrClN/c1-3-8(2)14-7-9-6-10(13)4-5-11(9)12/h3-6,8,14H,1,7H2,2H3. The zero-order valence-corrected chi connectivity index (χ0v) is 10.4. The van der Waals surface area contributed by atoms with E-state index < -0.39 is 0 Å². The Bertz CT molecular complexity index is 325. The van der Waals surface area contributed by atoms with Crippen molar-refractivity contribution in [2.24, 2.45) is 0 Å². The minimum atomic E-state index is 0.306. The van der Waals surface area contributed by atoms with Gasteiger partial charge >= 0.3 is 0 Å². The Hall–Kier alpha value is -0.310. The van der Waals surface area contributed by atoms with Crippen LogP contribution in [0, 0.1) is 0 Å². The Morgan fingerprint density at radius 3 is 3.00 bits per heavy atom. The van der Waals surface area contributed by atoms with Crippen LogP contribution in [0.25, 0.3) is 0 Å². The first-order valence-corrected chi connectivity index (χ1v) is 5.60. The van der Waals surface area contributed by atoms with Crippen LogP contribution in [0.3, 0.4) is 0 Å². The lowest BCUT2D eigenvalue weighted by Gasteiger charge is -2.10. The fourth-order valence-corrected chi connectivity index (χ4v) is 1.61. The second-order valence-electron chi connectivity index (χ2n) is 3.14. The van der Waals surface area contributed by atoms with Crippen molar-refractivity contribution in [3.05, 3.63) is 45.9 Å². The Labute approximate surface area is 98.3 Å². The van der Waals surface area contributed by atoms with Crippen molar-refractivity contribution in [2.45, 2.75) is 19.5 Å². The molecule has 0 aliphatic rings. The lowest BCUT2D eigenvalue weighted by molar-refractivity contribution is 0.633. The van der Waals surface area contributed by atoms with Crippen molar-refractivity contribution in [1.29, 1.82) is 0 Å². The van der Waals surface area contributed by atoms with E-state index in [1.807, 2.05) is 24.3 Å². The molecule has 0 fully saturated rings. The Morgan fingerprint density at radius 2 is 2.36 bits per heavy atom. The first-order chi connectivity index (χ1) is 6.63. The predicted octanol–water partition coefficient (Wildman–Crippen LogP) is 3.77. The van der Waals surface area contributed by atoms with Gasteiger partial charge in [-0.2, -0.15) is 0 Å². The molecular formula is C11H13BrClN. The van der Waals surface area contributed by atoms with Crippen molar-refractivity contribution in [2.75, 3.05) is 0 Å². The van der Waals surface area contributed by atoms with Gasteiger partial charge in [-0.3, -0.25) is 0 Å². The van der Waals surface area contributed by atoms with E-state index in [9.17, 15) is 0 Å². The summed E-state index contributed by atoms with van der Waals surface area (Å²) in [5.41, 5.74) is 1.16. The summed E-state index contributed by atoms with van der Waals surface area (Å²) in [7, 11) is 0. The van der Waals surface area contributed by atoms with Gasteiger partial charge in [0.15, 0.2) is 0 Å². The molecule has 1 N–H and O–H groups in total. The van der Waals surface area contributed by atoms with Crippen LogP contribution < -0.4 is 5.32 Å². The van der Waals surface area contributed by atoms with Gasteiger partial charge in [0.1, 0.15) is 0 Å². The van der Waals surface area contributed by atoms with E-state index >= 15 is 0 Å². The van der Waals surface area contributed by atoms with Gasteiger partial charge in [-0.1, -0.05) is 33.6 Å². The van der Waals surface area contributed by atoms with E-state index in [0.29, 0.717) is 6.04 Å². The molecule has 1 atom stereocenters. The van der Waals surface area contributed by atoms with E-state index in [-0.39, 0.29) is 0 Å². The van der Waals surface area contributed by atoms with Crippen LogP contribution in [0.2, 0.25) is 5.02 Å². The summed E-state index contributed by atoms with van der Waals surface area (Å²) in [5.74, 6) is 0. The van der Waals surface area contributed by atoms with Crippen LogP contribution in [-0.4, -0.2) is 6.04 Å². The van der Waals surface area contributed by atoms with E-state index in [0.717, 1.165) is 21.6 Å². The van der Waals surface area contributed by atoms with E-state index in [2.05, 4.69) is 34.7 Å². The molecule has 0 amide bonds. The highest BCUT2D eigenvalue weighted by atomic mass is 79.9. The highest BCUT2D eigenvalue weighted by Crippen LogP contribution is 2.20. The molecule has 0 aliphatic carbocycles. The molecule has 76 valence electrons. The van der Waals surface area contributed by atoms with Crippen molar-refractivity contribution in [3.8, 4) is 0 Å². The molecule has 1 aromatic rings. The minimum absolute atomic E-state index is 0.306. The van der Waals surface area contributed by atoms with Crippen LogP contribution in [-0.2, 0) is 6.54 Å². The second kappa shape index (κ2) is 5.54. The van der Waals surface area contributed by atoms with Gasteiger partial charge in [0, 0.05) is 22.1 Å². The van der Waals surface area contributed by atoms with Gasteiger partial charge < -0.3 is 5.32 Å². The van der Waals surface area contributed by atoms with E-state index in [4.69, 9.17) is 11.6 Å². The largest absolute Gasteiger partial charge is 0.307 e. The molecule has 0 saturated heterocycles. The number of hydrogen-bond donors (Lipinski definition) is 1. The van der Waals surface area contributed by atoms with Crippen LogP contribution in [0.15, 0.2) is 35.3 Å². The van der Waals surface area contributed by atoms with Gasteiger partial charge in [-0.05, 0) is 30.7 Å². The molecule has 1 unspecified atom stereocenters. The molecule has 1 aromatic carbocycles. The Kier molecular flexibility index (Phi) is 4.66. The van der Waals surface area contributed by atoms with E-state index in [1.54, 1.807) is 0 Å². The fourth-order valence-electron chi connectivity index (χ4n) is 1.03. The Morgan fingerprint density at radius 1 is 1.64 bits per heavy atom. The van der Waals surface area contributed by atoms with Crippen LogP contribution in [0.4, 0.5) is 0 Å². The summed E-state index contributed by atoms with van der Waals surface area (Å²) in [5, 5.41) is 4.07. The van der Waals surface area contributed by atoms with E-state index in [1.165, 1.54) is 0 Å². The molecule has 1 rings (SSSR count). The average molecular weight is 275 g/mol. The van der Waals surface area contributed by atoms with Gasteiger partial charge in [0.2, 0.25) is 0 Å². The van der Waals surface area contributed by atoms with Gasteiger partial charge in [-0.15, -0.1) is 6.58 Å². The molecule has 0 aliphatic heterocycles. The maximum Gasteiger partial charge on any atom is 0.0410 e. The van der Waals surface area contributed by atoms with Crippen LogP contribution >= 0.6 is 27.5 Å². The lowest BCUT2D eigenvalue weighted by atomic mass is 10.2. The van der Waals surface area contributed by atoms with Crippen LogP contribution in [0.1, 0.15) is 12.5 Å². The number of halogens is 2. The van der Waals surface area contributed by atoms with Crippen molar-refractivity contribution >= 4 is 27.5 Å². The minimum Gasteiger partial charge on any atom is -0.307 e. The number of nitrogens with one attached hydrogen (secondary N) is 1. The summed E-state index contributed by atoms with van der Waals surface area (Å²) < 4.78 is 1.07. The SMILES string of the molecule is C=CC(C)NCc1cc(Cl)ccc1Br. The molecule has 0 heterocycles. The zero-order valence-electron chi connectivity index (χ0n) is 8.06. The number of benzene rings is 1. The maximum absolute atomic E-state index is 5.90. The molecular weight excluding hydrogens is 261 g/mol. The van der Waals surface area contributed by atoms with Crippen LogP contribution in [0.5, 0.6) is 0 Å². The third-order valence-electron chi connectivity index (χ3n) is 1.98. The number of rotatable bonds is 4. The second-order valence-corrected chi connectivity index (χ2v) is 4.43. The fraction of sp³-hybridized carbons (Fsp3) is 0.273. The molecule has 14 heavy (non-hydrogen) atoms. The summed E-state index contributed by atoms with van der Waals surface area (Å²) in [6.45, 7) is 6.56. The van der Waals surface area contributed by atoms with Crippen molar-refractivity contribution in [1.82, 2.24) is 5.32 Å². The summed E-state index contributed by atoms with van der Waals surface area (Å²) in [4.78, 5) is 0. The summed E-state index contributed by atoms with van der Waals surface area (Å²) in [6, 6.07) is 6.08. The molecule has 3 heteroatoms. The van der Waals surface area contributed by atoms with Gasteiger partial charge in [0.25, 0.3) is 0 Å². The normalized spacial score (nSPS) is 12.5. The molecule has 1 nitrogen and oxygen atoms in total. The quantitative estimate of drug-likeness (QED) is 0.824. The summed E-state index contributed by atoms with van der Waals surface area (Å²) in [6.07, 6.45) is 1.87. The van der Waals surface area contributed by atoms with Gasteiger partial charge in [-0.25, -0.2) is 0 Å².